The van der Waals surface area contributed by atoms with Crippen molar-refractivity contribution in [3.05, 3.63) is 35.6 Å². The van der Waals surface area contributed by atoms with Gasteiger partial charge in [0.1, 0.15) is 17.6 Å². The van der Waals surface area contributed by atoms with Crippen LogP contribution in [0, 0.1) is 11.7 Å². The zero-order valence-corrected chi connectivity index (χ0v) is 15.6. The maximum atomic E-state index is 14.3. The molecule has 1 aliphatic carbocycles. The van der Waals surface area contributed by atoms with Crippen molar-refractivity contribution in [3.8, 4) is 0 Å². The molecule has 2 aliphatic rings. The number of carbonyl (C=O) groups excluding carboxylic acids is 2. The van der Waals surface area contributed by atoms with Gasteiger partial charge in [0, 0.05) is 6.04 Å². The van der Waals surface area contributed by atoms with Crippen molar-refractivity contribution in [1.29, 1.82) is 0 Å². The lowest BCUT2D eigenvalue weighted by atomic mass is 9.83. The molecule has 1 N–H and O–H groups in total. The van der Waals surface area contributed by atoms with E-state index in [1.54, 1.807) is 12.1 Å². The lowest BCUT2D eigenvalue weighted by Crippen LogP contribution is -2.57. The Balaban J connectivity index is 1.98. The summed E-state index contributed by atoms with van der Waals surface area (Å²) in [6.07, 6.45) is 3.32. The Morgan fingerprint density at radius 2 is 2.08 bits per heavy atom. The number of carbonyl (C=O) groups is 2. The van der Waals surface area contributed by atoms with E-state index in [0.717, 1.165) is 12.8 Å². The van der Waals surface area contributed by atoms with Crippen LogP contribution in [0.4, 0.5) is 4.39 Å². The molecule has 0 bridgehead atoms. The van der Waals surface area contributed by atoms with Crippen LogP contribution in [-0.2, 0) is 9.53 Å². The van der Waals surface area contributed by atoms with Gasteiger partial charge in [-0.15, -0.1) is 0 Å². The minimum atomic E-state index is -0.823. The summed E-state index contributed by atoms with van der Waals surface area (Å²) in [6.45, 7) is 6.01. The molecule has 1 heterocycles. The normalized spacial score (nSPS) is 28.6. The van der Waals surface area contributed by atoms with E-state index in [1.165, 1.54) is 17.0 Å². The average Bonchev–Trinajstić information content (AvgIpc) is 2.92. The summed E-state index contributed by atoms with van der Waals surface area (Å²) in [5.74, 6) is -0.920. The van der Waals surface area contributed by atoms with Crippen LogP contribution in [0.5, 0.6) is 0 Å². The molecule has 1 saturated heterocycles. The first-order valence-electron chi connectivity index (χ1n) is 9.36. The Labute approximate surface area is 153 Å². The Kier molecular flexibility index (Phi) is 5.32. The van der Waals surface area contributed by atoms with E-state index in [2.05, 4.69) is 12.2 Å². The number of nitrogens with zero attached hydrogens (tertiary/aromatic N) is 1. The van der Waals surface area contributed by atoms with Crippen molar-refractivity contribution in [1.82, 2.24) is 10.2 Å². The molecule has 2 amide bonds. The summed E-state index contributed by atoms with van der Waals surface area (Å²) < 4.78 is 20.4. The van der Waals surface area contributed by atoms with Crippen LogP contribution in [0.25, 0.3) is 0 Å². The van der Waals surface area contributed by atoms with E-state index < -0.39 is 23.5 Å². The quantitative estimate of drug-likeness (QED) is 0.899. The molecule has 1 aromatic carbocycles. The second-order valence-electron chi connectivity index (χ2n) is 7.79. The van der Waals surface area contributed by atoms with Crippen molar-refractivity contribution < 1.29 is 18.7 Å². The van der Waals surface area contributed by atoms with Gasteiger partial charge in [-0.25, -0.2) is 4.39 Å². The minimum Gasteiger partial charge on any atom is -0.353 e. The smallest absolute Gasteiger partial charge is 0.259 e. The predicted octanol–water partition coefficient (Wildman–Crippen LogP) is 3.10. The number of hydrogen-bond donors (Lipinski definition) is 1. The van der Waals surface area contributed by atoms with Crippen LogP contribution in [0.3, 0.4) is 0 Å². The highest BCUT2D eigenvalue weighted by molar-refractivity contribution is 5.98. The van der Waals surface area contributed by atoms with E-state index >= 15 is 0 Å². The molecule has 5 nitrogen and oxygen atoms in total. The van der Waals surface area contributed by atoms with Gasteiger partial charge in [-0.05, 0) is 51.2 Å². The molecule has 1 aliphatic heterocycles. The van der Waals surface area contributed by atoms with Crippen LogP contribution in [0.1, 0.15) is 56.8 Å². The van der Waals surface area contributed by atoms with Gasteiger partial charge in [0.15, 0.2) is 0 Å². The van der Waals surface area contributed by atoms with Gasteiger partial charge < -0.3 is 10.1 Å². The van der Waals surface area contributed by atoms with Crippen LogP contribution in [-0.4, -0.2) is 41.1 Å². The van der Waals surface area contributed by atoms with Gasteiger partial charge in [0.2, 0.25) is 5.91 Å². The fourth-order valence-electron chi connectivity index (χ4n) is 4.15. The van der Waals surface area contributed by atoms with E-state index in [9.17, 15) is 14.0 Å². The molecule has 1 saturated carbocycles. The highest BCUT2D eigenvalue weighted by Gasteiger charge is 2.54. The Bertz CT molecular complexity index is 693. The lowest BCUT2D eigenvalue weighted by Gasteiger charge is -2.43. The van der Waals surface area contributed by atoms with Gasteiger partial charge in [0.05, 0.1) is 12.2 Å². The zero-order valence-electron chi connectivity index (χ0n) is 15.6. The van der Waals surface area contributed by atoms with Gasteiger partial charge in [-0.1, -0.05) is 25.5 Å². The van der Waals surface area contributed by atoms with Crippen molar-refractivity contribution in [3.63, 3.8) is 0 Å². The van der Waals surface area contributed by atoms with Crippen molar-refractivity contribution >= 4 is 11.8 Å². The number of rotatable bonds is 3. The van der Waals surface area contributed by atoms with Crippen molar-refractivity contribution in [2.24, 2.45) is 5.92 Å². The molecule has 0 aromatic heterocycles. The fraction of sp³-hybridized carbons (Fsp3) is 0.600. The standard InChI is InChI=1S/C20H27FN2O3/c1-13(2)22-18(24)17-12-26-20(10-6-7-14(3)11-20)23(17)19(25)15-8-4-5-9-16(15)21/h4-5,8-9,13-14,17H,6-7,10-12H2,1-3H3,(H,22,24)/t14-,17-,20-/m0/s1. The largest absolute Gasteiger partial charge is 0.353 e. The molecule has 26 heavy (non-hydrogen) atoms. The Morgan fingerprint density at radius 3 is 2.73 bits per heavy atom. The van der Waals surface area contributed by atoms with E-state index in [0.29, 0.717) is 18.8 Å². The van der Waals surface area contributed by atoms with Crippen LogP contribution >= 0.6 is 0 Å². The number of benzene rings is 1. The third-order valence-electron chi connectivity index (χ3n) is 5.25. The SMILES string of the molecule is CC(C)NC(=O)[C@@H]1CO[C@]2(CCC[C@H](C)C2)N1C(=O)c1ccccc1F. The third kappa shape index (κ3) is 3.47. The highest BCUT2D eigenvalue weighted by atomic mass is 19.1. The number of nitrogens with one attached hydrogen (secondary N) is 1. The number of ether oxygens (including phenoxy) is 1. The van der Waals surface area contributed by atoms with Gasteiger partial charge in [-0.3, -0.25) is 14.5 Å². The number of amides is 2. The zero-order chi connectivity index (χ0) is 18.9. The first-order chi connectivity index (χ1) is 12.3. The van der Waals surface area contributed by atoms with Gasteiger partial charge >= 0.3 is 0 Å². The van der Waals surface area contributed by atoms with Crippen LogP contribution in [0.15, 0.2) is 24.3 Å². The van der Waals surface area contributed by atoms with Crippen LogP contribution < -0.4 is 5.32 Å². The predicted molar refractivity (Wildman–Crippen MR) is 96.0 cm³/mol. The topological polar surface area (TPSA) is 58.6 Å². The summed E-state index contributed by atoms with van der Waals surface area (Å²) in [6, 6.07) is 5.13. The molecular formula is C20H27FN2O3. The first-order valence-corrected chi connectivity index (χ1v) is 9.36. The van der Waals surface area contributed by atoms with E-state index in [4.69, 9.17) is 4.74 Å². The van der Waals surface area contributed by atoms with E-state index in [-0.39, 0.29) is 24.1 Å². The van der Waals surface area contributed by atoms with Crippen molar-refractivity contribution in [2.45, 2.75) is 64.3 Å². The second kappa shape index (κ2) is 7.35. The molecule has 0 unspecified atom stereocenters. The second-order valence-corrected chi connectivity index (χ2v) is 7.79. The Hall–Kier alpha value is -1.95. The summed E-state index contributed by atoms with van der Waals surface area (Å²) in [7, 11) is 0. The fourth-order valence-corrected chi connectivity index (χ4v) is 4.15. The molecule has 0 radical (unpaired) electrons. The van der Waals surface area contributed by atoms with Gasteiger partial charge in [-0.2, -0.15) is 0 Å². The monoisotopic (exact) mass is 362 g/mol. The maximum Gasteiger partial charge on any atom is 0.259 e. The molecule has 1 aromatic rings. The van der Waals surface area contributed by atoms with Crippen molar-refractivity contribution in [2.75, 3.05) is 6.61 Å². The van der Waals surface area contributed by atoms with Crippen LogP contribution in [0.2, 0.25) is 0 Å². The summed E-state index contributed by atoms with van der Waals surface area (Å²) in [5.41, 5.74) is -0.839. The highest BCUT2D eigenvalue weighted by Crippen LogP contribution is 2.43. The molecule has 142 valence electrons. The summed E-state index contributed by atoms with van der Waals surface area (Å²) in [4.78, 5) is 27.5. The molecular weight excluding hydrogens is 335 g/mol. The van der Waals surface area contributed by atoms with E-state index in [1.807, 2.05) is 13.8 Å². The number of halogens is 1. The third-order valence-corrected chi connectivity index (χ3v) is 5.25. The molecule has 6 heteroatoms. The maximum absolute atomic E-state index is 14.3. The molecule has 1 spiro atoms. The summed E-state index contributed by atoms with van der Waals surface area (Å²) >= 11 is 0. The molecule has 3 atom stereocenters. The average molecular weight is 362 g/mol. The Morgan fingerprint density at radius 1 is 1.35 bits per heavy atom. The molecule has 2 fully saturated rings. The minimum absolute atomic E-state index is 0.0158. The summed E-state index contributed by atoms with van der Waals surface area (Å²) in [5, 5.41) is 2.86. The molecule has 3 rings (SSSR count). The van der Waals surface area contributed by atoms with Gasteiger partial charge in [0.25, 0.3) is 5.91 Å². The number of hydrogen-bond acceptors (Lipinski definition) is 3. The first kappa shape index (κ1) is 18.8. The lowest BCUT2D eigenvalue weighted by molar-refractivity contribution is -0.128.